The van der Waals surface area contributed by atoms with Crippen LogP contribution in [0.3, 0.4) is 0 Å². The van der Waals surface area contributed by atoms with Crippen LogP contribution in [0.1, 0.15) is 42.4 Å². The fourth-order valence-electron chi connectivity index (χ4n) is 2.90. The summed E-state index contributed by atoms with van der Waals surface area (Å²) in [5.41, 5.74) is 5.11. The number of unbranched alkanes of at least 4 members (excludes halogenated alkanes) is 3. The van der Waals surface area contributed by atoms with Gasteiger partial charge in [0.15, 0.2) is 0 Å². The van der Waals surface area contributed by atoms with Gasteiger partial charge in [0.25, 0.3) is 0 Å². The molecule has 0 aliphatic carbocycles. The predicted octanol–water partition coefficient (Wildman–Crippen LogP) is 3.75. The molecular formula is C18H26N2O. The molecule has 114 valence electrons. The van der Waals surface area contributed by atoms with Gasteiger partial charge in [0.05, 0.1) is 0 Å². The smallest absolute Gasteiger partial charge is 0.212 e. The molecule has 0 spiro atoms. The van der Waals surface area contributed by atoms with Gasteiger partial charge in [-0.1, -0.05) is 30.5 Å². The van der Waals surface area contributed by atoms with Crippen LogP contribution in [0, 0.1) is 27.4 Å². The van der Waals surface area contributed by atoms with Crippen LogP contribution in [0.25, 0.3) is 0 Å². The minimum Gasteiger partial charge on any atom is -0.396 e. The zero-order chi connectivity index (χ0) is 15.2. The number of hydrogen-bond donors (Lipinski definition) is 1. The number of aryl methyl sites for hydroxylation is 3. The summed E-state index contributed by atoms with van der Waals surface area (Å²) in [6, 6.07) is 4.44. The first-order chi connectivity index (χ1) is 10.1. The molecule has 0 saturated carbocycles. The summed E-state index contributed by atoms with van der Waals surface area (Å²) in [7, 11) is 0. The molecule has 2 rings (SSSR count). The van der Waals surface area contributed by atoms with Crippen LogP contribution in [0.4, 0.5) is 5.69 Å². The third kappa shape index (κ3) is 4.24. The van der Waals surface area contributed by atoms with Gasteiger partial charge in [-0.25, -0.2) is 0 Å². The molecule has 1 aromatic carbocycles. The van der Waals surface area contributed by atoms with Gasteiger partial charge < -0.3 is 14.9 Å². The van der Waals surface area contributed by atoms with Crippen LogP contribution in [-0.4, -0.2) is 23.2 Å². The van der Waals surface area contributed by atoms with E-state index in [0.717, 1.165) is 32.2 Å². The second-order valence-corrected chi connectivity index (χ2v) is 5.85. The standard InChI is InChI=1S/C18H26N2O/c1-15-12-16(2)18(17(3)13-15)20-10-9-19(14-20)8-6-4-5-7-11-21/h9-10,12-13,21H,4-8,11H2,1-3H3. The monoisotopic (exact) mass is 286 g/mol. The normalized spacial score (nSPS) is 14.3. The number of aliphatic hydroxyl groups is 1. The van der Waals surface area contributed by atoms with Gasteiger partial charge >= 0.3 is 0 Å². The summed E-state index contributed by atoms with van der Waals surface area (Å²) < 4.78 is 0. The average molecular weight is 286 g/mol. The molecule has 0 saturated heterocycles. The Morgan fingerprint density at radius 3 is 2.29 bits per heavy atom. The Kier molecular flexibility index (Phi) is 5.68. The first kappa shape index (κ1) is 15.9. The number of nitrogens with zero attached hydrogens (tertiary/aromatic N) is 2. The number of rotatable bonds is 7. The number of aliphatic hydroxyl groups excluding tert-OH is 1. The lowest BCUT2D eigenvalue weighted by atomic mass is 10.0. The topological polar surface area (TPSA) is 26.7 Å². The summed E-state index contributed by atoms with van der Waals surface area (Å²) in [5.74, 6) is 0. The number of anilines is 1. The highest BCUT2D eigenvalue weighted by atomic mass is 16.2. The molecule has 0 atom stereocenters. The first-order valence-electron chi connectivity index (χ1n) is 7.81. The molecule has 3 heteroatoms. The van der Waals surface area contributed by atoms with Crippen molar-refractivity contribution in [1.82, 2.24) is 4.90 Å². The molecule has 0 amide bonds. The van der Waals surface area contributed by atoms with Crippen molar-refractivity contribution >= 4 is 5.69 Å². The molecule has 0 bridgehead atoms. The van der Waals surface area contributed by atoms with E-state index in [9.17, 15) is 0 Å². The molecule has 0 unspecified atom stereocenters. The lowest BCUT2D eigenvalue weighted by molar-refractivity contribution is 0.281. The third-order valence-corrected chi connectivity index (χ3v) is 3.82. The Morgan fingerprint density at radius 1 is 0.952 bits per heavy atom. The summed E-state index contributed by atoms with van der Waals surface area (Å²) in [6.07, 6.45) is 8.49. The zero-order valence-corrected chi connectivity index (χ0v) is 13.4. The van der Waals surface area contributed by atoms with Gasteiger partial charge in [-0.05, 0) is 44.7 Å². The van der Waals surface area contributed by atoms with Gasteiger partial charge in [-0.15, -0.1) is 0 Å². The second-order valence-electron chi connectivity index (χ2n) is 5.85. The zero-order valence-electron chi connectivity index (χ0n) is 13.4. The van der Waals surface area contributed by atoms with E-state index in [1.165, 1.54) is 22.4 Å². The lowest BCUT2D eigenvalue weighted by Gasteiger charge is -2.22. The summed E-state index contributed by atoms with van der Waals surface area (Å²) in [4.78, 5) is 4.22. The number of hydrogen-bond acceptors (Lipinski definition) is 3. The molecular weight excluding hydrogens is 260 g/mol. The van der Waals surface area contributed by atoms with Crippen LogP contribution in [0.2, 0.25) is 0 Å². The van der Waals surface area contributed by atoms with Crippen molar-refractivity contribution in [3.05, 3.63) is 47.9 Å². The van der Waals surface area contributed by atoms with Crippen molar-refractivity contribution in [2.24, 2.45) is 0 Å². The molecule has 1 aliphatic heterocycles. The molecule has 1 aromatic rings. The van der Waals surface area contributed by atoms with E-state index < -0.39 is 0 Å². The van der Waals surface area contributed by atoms with Crippen molar-refractivity contribution in [2.45, 2.75) is 46.5 Å². The van der Waals surface area contributed by atoms with Gasteiger partial charge in [0.2, 0.25) is 6.67 Å². The maximum atomic E-state index is 8.77. The molecule has 2 radical (unpaired) electrons. The average Bonchev–Trinajstić information content (AvgIpc) is 2.86. The largest absolute Gasteiger partial charge is 0.396 e. The Balaban J connectivity index is 1.87. The molecule has 1 N–H and O–H groups in total. The third-order valence-electron chi connectivity index (χ3n) is 3.82. The summed E-state index contributed by atoms with van der Waals surface area (Å²) >= 11 is 0. The Hall–Kier alpha value is -1.48. The van der Waals surface area contributed by atoms with Gasteiger partial charge in [-0.2, -0.15) is 0 Å². The maximum absolute atomic E-state index is 8.77. The summed E-state index contributed by atoms with van der Waals surface area (Å²) in [6.45, 7) is 11.1. The van der Waals surface area contributed by atoms with Crippen LogP contribution < -0.4 is 4.90 Å². The minimum absolute atomic E-state index is 0.307. The quantitative estimate of drug-likeness (QED) is 0.773. The van der Waals surface area contributed by atoms with E-state index in [1.54, 1.807) is 0 Å². The highest BCUT2D eigenvalue weighted by Crippen LogP contribution is 2.30. The molecule has 21 heavy (non-hydrogen) atoms. The first-order valence-corrected chi connectivity index (χ1v) is 7.81. The van der Waals surface area contributed by atoms with Crippen molar-refractivity contribution in [2.75, 3.05) is 18.1 Å². The summed E-state index contributed by atoms with van der Waals surface area (Å²) in [5, 5.41) is 8.77. The van der Waals surface area contributed by atoms with E-state index in [1.807, 2.05) is 0 Å². The van der Waals surface area contributed by atoms with Crippen LogP contribution in [0.15, 0.2) is 24.5 Å². The molecule has 0 fully saturated rings. The van der Waals surface area contributed by atoms with E-state index in [4.69, 9.17) is 5.11 Å². The Labute approximate surface area is 128 Å². The van der Waals surface area contributed by atoms with Crippen molar-refractivity contribution in [3.63, 3.8) is 0 Å². The fraction of sp³-hybridized carbons (Fsp3) is 0.500. The van der Waals surface area contributed by atoms with Crippen molar-refractivity contribution in [1.29, 1.82) is 0 Å². The van der Waals surface area contributed by atoms with Crippen LogP contribution in [-0.2, 0) is 0 Å². The van der Waals surface area contributed by atoms with E-state index in [0.29, 0.717) is 6.61 Å². The molecule has 1 aliphatic rings. The highest BCUT2D eigenvalue weighted by Gasteiger charge is 2.19. The van der Waals surface area contributed by atoms with Gasteiger partial charge in [-0.3, -0.25) is 0 Å². The highest BCUT2D eigenvalue weighted by molar-refractivity contribution is 5.63. The predicted molar refractivity (Wildman–Crippen MR) is 87.8 cm³/mol. The van der Waals surface area contributed by atoms with Crippen LogP contribution >= 0.6 is 0 Å². The number of benzene rings is 1. The SMILES string of the molecule is Cc1cc(C)c(N2[C]N(CCCCCCO)C=C2)c(C)c1. The minimum atomic E-state index is 0.307. The maximum Gasteiger partial charge on any atom is 0.212 e. The lowest BCUT2D eigenvalue weighted by Crippen LogP contribution is -2.21. The van der Waals surface area contributed by atoms with E-state index in [-0.39, 0.29) is 0 Å². The Bertz CT molecular complexity index is 473. The Morgan fingerprint density at radius 2 is 1.62 bits per heavy atom. The van der Waals surface area contributed by atoms with Crippen LogP contribution in [0.5, 0.6) is 0 Å². The van der Waals surface area contributed by atoms with Gasteiger partial charge in [0, 0.05) is 31.2 Å². The van der Waals surface area contributed by atoms with E-state index in [2.05, 4.69) is 61.8 Å². The van der Waals surface area contributed by atoms with E-state index >= 15 is 0 Å². The molecule has 1 heterocycles. The van der Waals surface area contributed by atoms with Gasteiger partial charge in [0.1, 0.15) is 0 Å². The van der Waals surface area contributed by atoms with Crippen molar-refractivity contribution in [3.8, 4) is 0 Å². The second kappa shape index (κ2) is 7.51. The fourth-order valence-corrected chi connectivity index (χ4v) is 2.90. The molecule has 0 aromatic heterocycles. The molecule has 3 nitrogen and oxygen atoms in total. The van der Waals surface area contributed by atoms with Crippen molar-refractivity contribution < 1.29 is 5.11 Å².